The first-order valence-electron chi connectivity index (χ1n) is 8.93. The van der Waals surface area contributed by atoms with Crippen molar-refractivity contribution in [1.29, 1.82) is 0 Å². The number of benzene rings is 2. The fraction of sp³-hybridized carbons (Fsp3) is 0.273. The van der Waals surface area contributed by atoms with E-state index in [1.165, 1.54) is 11.3 Å². The Morgan fingerprint density at radius 1 is 1.07 bits per heavy atom. The molecule has 0 radical (unpaired) electrons. The van der Waals surface area contributed by atoms with Gasteiger partial charge in [0.1, 0.15) is 4.88 Å². The third kappa shape index (κ3) is 4.03. The lowest BCUT2D eigenvalue weighted by atomic mass is 9.98. The van der Waals surface area contributed by atoms with Crippen LogP contribution in [0.25, 0.3) is 10.1 Å². The number of carbonyl (C=O) groups is 2. The minimum absolute atomic E-state index is 0.281. The molecule has 0 aliphatic rings. The second kappa shape index (κ2) is 7.92. The number of anilines is 1. The van der Waals surface area contributed by atoms with Gasteiger partial charge >= 0.3 is 5.97 Å². The molecule has 0 saturated heterocycles. The van der Waals surface area contributed by atoms with Gasteiger partial charge in [-0.25, -0.2) is 4.79 Å². The molecule has 2 aromatic carbocycles. The van der Waals surface area contributed by atoms with E-state index >= 15 is 0 Å². The second-order valence-electron chi connectivity index (χ2n) is 6.87. The monoisotopic (exact) mass is 381 g/mol. The molecule has 1 amide bonds. The highest BCUT2D eigenvalue weighted by Gasteiger charge is 2.18. The molecular formula is C22H23NO3S. The highest BCUT2D eigenvalue weighted by molar-refractivity contribution is 7.21. The number of hydrogen-bond acceptors (Lipinski definition) is 4. The van der Waals surface area contributed by atoms with Crippen molar-refractivity contribution in [2.45, 2.75) is 33.6 Å². The third-order valence-electron chi connectivity index (χ3n) is 4.55. The van der Waals surface area contributed by atoms with E-state index in [-0.39, 0.29) is 18.4 Å². The molecule has 0 saturated carbocycles. The number of para-hydroxylation sites is 1. The number of fused-ring (bicyclic) bond motifs is 1. The van der Waals surface area contributed by atoms with Gasteiger partial charge in [-0.05, 0) is 47.9 Å². The largest absolute Gasteiger partial charge is 0.451 e. The van der Waals surface area contributed by atoms with Gasteiger partial charge in [-0.2, -0.15) is 0 Å². The van der Waals surface area contributed by atoms with Crippen LogP contribution in [0.5, 0.6) is 0 Å². The quantitative estimate of drug-likeness (QED) is 0.599. The topological polar surface area (TPSA) is 55.4 Å². The van der Waals surface area contributed by atoms with Crippen LogP contribution >= 0.6 is 11.3 Å². The minimum atomic E-state index is -0.460. The second-order valence-corrected chi connectivity index (χ2v) is 7.92. The molecule has 3 aromatic rings. The van der Waals surface area contributed by atoms with Crippen LogP contribution < -0.4 is 5.32 Å². The summed E-state index contributed by atoms with van der Waals surface area (Å²) in [6, 6.07) is 13.8. The molecule has 0 atom stereocenters. The Balaban J connectivity index is 1.69. The Morgan fingerprint density at radius 2 is 1.81 bits per heavy atom. The van der Waals surface area contributed by atoms with Crippen LogP contribution in [0, 0.1) is 13.8 Å². The summed E-state index contributed by atoms with van der Waals surface area (Å²) < 4.78 is 6.31. The number of esters is 1. The SMILES string of the molecule is Cc1cccc(C(C)C)c1NC(=O)COC(=O)c1sc2ccccc2c1C. The van der Waals surface area contributed by atoms with Gasteiger partial charge in [0.15, 0.2) is 6.61 Å². The summed E-state index contributed by atoms with van der Waals surface area (Å²) in [6.45, 7) is 7.70. The number of hydrogen-bond donors (Lipinski definition) is 1. The number of carbonyl (C=O) groups excluding carboxylic acids is 2. The molecule has 0 unspecified atom stereocenters. The van der Waals surface area contributed by atoms with E-state index < -0.39 is 5.97 Å². The van der Waals surface area contributed by atoms with Gasteiger partial charge in [-0.15, -0.1) is 11.3 Å². The maximum Gasteiger partial charge on any atom is 0.349 e. The van der Waals surface area contributed by atoms with Crippen LogP contribution in [-0.2, 0) is 9.53 Å². The zero-order chi connectivity index (χ0) is 19.6. The molecule has 0 aliphatic carbocycles. The molecule has 1 N–H and O–H groups in total. The smallest absolute Gasteiger partial charge is 0.349 e. The van der Waals surface area contributed by atoms with E-state index in [4.69, 9.17) is 4.74 Å². The molecule has 5 heteroatoms. The zero-order valence-electron chi connectivity index (χ0n) is 16.0. The fourth-order valence-electron chi connectivity index (χ4n) is 3.08. The fourth-order valence-corrected chi connectivity index (χ4v) is 4.19. The summed E-state index contributed by atoms with van der Waals surface area (Å²) in [5.41, 5.74) is 3.74. The van der Waals surface area contributed by atoms with Crippen molar-refractivity contribution < 1.29 is 14.3 Å². The Hall–Kier alpha value is -2.66. The first kappa shape index (κ1) is 19.1. The van der Waals surface area contributed by atoms with E-state index in [1.54, 1.807) is 0 Å². The van der Waals surface area contributed by atoms with Crippen molar-refractivity contribution in [3.05, 3.63) is 64.0 Å². The molecule has 0 bridgehead atoms. The van der Waals surface area contributed by atoms with Gasteiger partial charge in [0, 0.05) is 10.4 Å². The van der Waals surface area contributed by atoms with Crippen molar-refractivity contribution in [2.24, 2.45) is 0 Å². The zero-order valence-corrected chi connectivity index (χ0v) is 16.8. The summed E-state index contributed by atoms with van der Waals surface area (Å²) >= 11 is 1.39. The van der Waals surface area contributed by atoms with Gasteiger partial charge in [0.2, 0.25) is 0 Å². The van der Waals surface area contributed by atoms with E-state index in [0.29, 0.717) is 4.88 Å². The van der Waals surface area contributed by atoms with Crippen LogP contribution in [0.2, 0.25) is 0 Å². The number of ether oxygens (including phenoxy) is 1. The lowest BCUT2D eigenvalue weighted by Gasteiger charge is -2.16. The van der Waals surface area contributed by atoms with Crippen molar-refractivity contribution in [3.8, 4) is 0 Å². The summed E-state index contributed by atoms with van der Waals surface area (Å²) in [5, 5.41) is 3.94. The number of aryl methyl sites for hydroxylation is 2. The Labute approximate surface area is 163 Å². The van der Waals surface area contributed by atoms with Crippen molar-refractivity contribution in [3.63, 3.8) is 0 Å². The summed E-state index contributed by atoms with van der Waals surface area (Å²) in [6.07, 6.45) is 0. The summed E-state index contributed by atoms with van der Waals surface area (Å²) in [7, 11) is 0. The molecule has 27 heavy (non-hydrogen) atoms. The molecule has 1 heterocycles. The molecule has 140 valence electrons. The van der Waals surface area contributed by atoms with E-state index in [9.17, 15) is 9.59 Å². The molecular weight excluding hydrogens is 358 g/mol. The molecule has 3 rings (SSSR count). The van der Waals surface area contributed by atoms with Crippen LogP contribution in [0.4, 0.5) is 5.69 Å². The van der Waals surface area contributed by atoms with E-state index in [2.05, 4.69) is 19.2 Å². The normalized spacial score (nSPS) is 11.0. The Bertz CT molecular complexity index is 1000. The van der Waals surface area contributed by atoms with Gasteiger partial charge in [0.25, 0.3) is 5.91 Å². The van der Waals surface area contributed by atoms with Gasteiger partial charge in [-0.3, -0.25) is 4.79 Å². The first-order valence-corrected chi connectivity index (χ1v) is 9.74. The number of thiophene rings is 1. The van der Waals surface area contributed by atoms with Gasteiger partial charge in [-0.1, -0.05) is 50.2 Å². The predicted molar refractivity (Wildman–Crippen MR) is 111 cm³/mol. The molecule has 0 spiro atoms. The number of nitrogens with one attached hydrogen (secondary N) is 1. The maximum atomic E-state index is 12.4. The lowest BCUT2D eigenvalue weighted by molar-refractivity contribution is -0.119. The Morgan fingerprint density at radius 3 is 2.52 bits per heavy atom. The van der Waals surface area contributed by atoms with Crippen molar-refractivity contribution in [2.75, 3.05) is 11.9 Å². The highest BCUT2D eigenvalue weighted by Crippen LogP contribution is 2.31. The van der Waals surface area contributed by atoms with Crippen LogP contribution in [0.15, 0.2) is 42.5 Å². The molecule has 1 aromatic heterocycles. The molecule has 0 aliphatic heterocycles. The van der Waals surface area contributed by atoms with Crippen molar-refractivity contribution in [1.82, 2.24) is 0 Å². The average molecular weight is 381 g/mol. The standard InChI is InChI=1S/C22H23NO3S/c1-13(2)16-10-7-8-14(3)20(16)23-19(24)12-26-22(25)21-15(4)17-9-5-6-11-18(17)27-21/h5-11,13H,12H2,1-4H3,(H,23,24). The lowest BCUT2D eigenvalue weighted by Crippen LogP contribution is -2.22. The highest BCUT2D eigenvalue weighted by atomic mass is 32.1. The minimum Gasteiger partial charge on any atom is -0.451 e. The summed E-state index contributed by atoms with van der Waals surface area (Å²) in [5.74, 6) is -0.514. The van der Waals surface area contributed by atoms with Crippen molar-refractivity contribution >= 4 is 39.0 Å². The van der Waals surface area contributed by atoms with Gasteiger partial charge in [0.05, 0.1) is 0 Å². The van der Waals surface area contributed by atoms with Crippen LogP contribution in [-0.4, -0.2) is 18.5 Å². The Kier molecular flexibility index (Phi) is 5.61. The van der Waals surface area contributed by atoms with E-state index in [1.807, 2.05) is 56.3 Å². The van der Waals surface area contributed by atoms with Crippen LogP contribution in [0.1, 0.15) is 46.1 Å². The van der Waals surface area contributed by atoms with E-state index in [0.717, 1.165) is 32.5 Å². The predicted octanol–water partition coefficient (Wildman–Crippen LogP) is 5.44. The first-order chi connectivity index (χ1) is 12.9. The molecule has 0 fully saturated rings. The molecule has 4 nitrogen and oxygen atoms in total. The third-order valence-corrected chi connectivity index (χ3v) is 5.81. The average Bonchev–Trinajstić information content (AvgIpc) is 2.98. The number of rotatable bonds is 5. The van der Waals surface area contributed by atoms with Gasteiger partial charge < -0.3 is 10.1 Å². The summed E-state index contributed by atoms with van der Waals surface area (Å²) in [4.78, 5) is 25.3. The maximum absolute atomic E-state index is 12.4. The number of amides is 1. The van der Waals surface area contributed by atoms with Crippen LogP contribution in [0.3, 0.4) is 0 Å².